The fourth-order valence-electron chi connectivity index (χ4n) is 3.47. The Hall–Kier alpha value is -1.69. The van der Waals surface area contributed by atoms with Crippen molar-refractivity contribution in [3.05, 3.63) is 11.8 Å². The first kappa shape index (κ1) is 16.2. The fraction of sp³-hybridized carbons (Fsp3) is 0.706. The molecule has 23 heavy (non-hydrogen) atoms. The van der Waals surface area contributed by atoms with E-state index in [4.69, 9.17) is 4.52 Å². The van der Waals surface area contributed by atoms with Crippen LogP contribution in [0.3, 0.4) is 0 Å². The van der Waals surface area contributed by atoms with Gasteiger partial charge in [-0.05, 0) is 12.8 Å². The number of Topliss-reactive ketones (excluding diaryl/α,β-unsaturated/α-hetero) is 1. The normalized spacial score (nSPS) is 23.6. The smallest absolute Gasteiger partial charge is 0.244 e. The minimum atomic E-state index is -0.381. The van der Waals surface area contributed by atoms with Crippen LogP contribution < -0.4 is 5.32 Å². The molecule has 6 heteroatoms. The van der Waals surface area contributed by atoms with E-state index in [0.717, 1.165) is 18.5 Å². The molecule has 1 aromatic rings. The number of carbonyl (C=O) groups excluding carboxylic acids is 2. The van der Waals surface area contributed by atoms with Gasteiger partial charge in [0.25, 0.3) is 0 Å². The lowest BCUT2D eigenvalue weighted by Gasteiger charge is -2.28. The maximum absolute atomic E-state index is 12.6. The summed E-state index contributed by atoms with van der Waals surface area (Å²) in [5, 5.41) is 6.80. The summed E-state index contributed by atoms with van der Waals surface area (Å²) >= 11 is 0. The van der Waals surface area contributed by atoms with E-state index in [1.165, 1.54) is 12.8 Å². The summed E-state index contributed by atoms with van der Waals surface area (Å²) in [6.45, 7) is 6.50. The van der Waals surface area contributed by atoms with Crippen LogP contribution in [-0.4, -0.2) is 40.4 Å². The van der Waals surface area contributed by atoms with E-state index >= 15 is 0 Å². The summed E-state index contributed by atoms with van der Waals surface area (Å²) < 4.78 is 5.22. The molecule has 126 valence electrons. The Balaban J connectivity index is 1.69. The first-order valence-electron chi connectivity index (χ1n) is 8.40. The van der Waals surface area contributed by atoms with Gasteiger partial charge in [-0.1, -0.05) is 38.8 Å². The third-order valence-electron chi connectivity index (χ3n) is 4.80. The molecule has 2 fully saturated rings. The van der Waals surface area contributed by atoms with Crippen molar-refractivity contribution in [2.75, 3.05) is 11.9 Å². The average Bonchev–Trinajstić information content (AvgIpc) is 3.15. The van der Waals surface area contributed by atoms with Crippen LogP contribution in [0.5, 0.6) is 0 Å². The number of hydrogen-bond acceptors (Lipinski definition) is 5. The number of amides is 1. The number of hydrogen-bond donors (Lipinski definition) is 1. The van der Waals surface area contributed by atoms with Crippen molar-refractivity contribution in [1.29, 1.82) is 0 Å². The lowest BCUT2D eigenvalue weighted by molar-refractivity contribution is -0.121. The molecule has 0 radical (unpaired) electrons. The van der Waals surface area contributed by atoms with Crippen molar-refractivity contribution in [3.8, 4) is 0 Å². The molecule has 6 nitrogen and oxygen atoms in total. The molecule has 0 spiro atoms. The summed E-state index contributed by atoms with van der Waals surface area (Å²) in [5.74, 6) is 0.329. The topological polar surface area (TPSA) is 75.4 Å². The average molecular weight is 319 g/mol. The highest BCUT2D eigenvalue weighted by Gasteiger charge is 2.40. The molecular weight excluding hydrogens is 294 g/mol. The highest BCUT2D eigenvalue weighted by atomic mass is 16.5. The standard InChI is InChI=1S/C17H25N3O3/c1-17(2,3)14-9-15(23-19-14)18-16(22)13-8-12(21)10-20(13)11-6-4-5-7-11/h9,11,13H,4-8,10H2,1-3H3,(H,18,22)/t13-/m0/s1. The van der Waals surface area contributed by atoms with Gasteiger partial charge in [-0.3, -0.25) is 19.8 Å². The monoisotopic (exact) mass is 319 g/mol. The van der Waals surface area contributed by atoms with Crippen molar-refractivity contribution in [3.63, 3.8) is 0 Å². The second-order valence-corrected chi connectivity index (χ2v) is 7.68. The van der Waals surface area contributed by atoms with Crippen LogP contribution in [0.4, 0.5) is 5.88 Å². The number of ketones is 1. The molecule has 1 saturated carbocycles. The largest absolute Gasteiger partial charge is 0.338 e. The van der Waals surface area contributed by atoms with Gasteiger partial charge >= 0.3 is 0 Å². The number of rotatable bonds is 3. The molecule has 0 aromatic carbocycles. The molecular formula is C17H25N3O3. The maximum atomic E-state index is 12.6. The Kier molecular flexibility index (Phi) is 4.27. The molecule has 3 rings (SSSR count). The number of anilines is 1. The lowest BCUT2D eigenvalue weighted by atomic mass is 9.92. The van der Waals surface area contributed by atoms with Gasteiger partial charge in [0, 0.05) is 23.9 Å². The Morgan fingerprint density at radius 2 is 2.04 bits per heavy atom. The fourth-order valence-corrected chi connectivity index (χ4v) is 3.47. The summed E-state index contributed by atoms with van der Waals surface area (Å²) in [6, 6.07) is 1.74. The minimum absolute atomic E-state index is 0.133. The van der Waals surface area contributed by atoms with Crippen molar-refractivity contribution >= 4 is 17.6 Å². The Labute approximate surface area is 136 Å². The second kappa shape index (κ2) is 6.07. The zero-order valence-corrected chi connectivity index (χ0v) is 14.1. The van der Waals surface area contributed by atoms with E-state index in [-0.39, 0.29) is 23.1 Å². The van der Waals surface area contributed by atoms with Crippen LogP contribution in [0.2, 0.25) is 0 Å². The Morgan fingerprint density at radius 1 is 1.35 bits per heavy atom. The van der Waals surface area contributed by atoms with Crippen LogP contribution in [0, 0.1) is 0 Å². The summed E-state index contributed by atoms with van der Waals surface area (Å²) in [7, 11) is 0. The van der Waals surface area contributed by atoms with Crippen LogP contribution in [-0.2, 0) is 15.0 Å². The number of nitrogens with one attached hydrogen (secondary N) is 1. The van der Waals surface area contributed by atoms with Crippen molar-refractivity contribution < 1.29 is 14.1 Å². The highest BCUT2D eigenvalue weighted by Crippen LogP contribution is 2.30. The van der Waals surface area contributed by atoms with E-state index in [9.17, 15) is 9.59 Å². The molecule has 0 unspecified atom stereocenters. The van der Waals surface area contributed by atoms with Gasteiger partial charge in [0.05, 0.1) is 18.3 Å². The molecule has 2 heterocycles. The molecule has 1 saturated heterocycles. The first-order valence-corrected chi connectivity index (χ1v) is 8.40. The molecule has 0 bridgehead atoms. The zero-order valence-electron chi connectivity index (χ0n) is 14.1. The van der Waals surface area contributed by atoms with Gasteiger partial charge in [0.1, 0.15) is 5.78 Å². The van der Waals surface area contributed by atoms with Crippen LogP contribution >= 0.6 is 0 Å². The number of likely N-dealkylation sites (tertiary alicyclic amines) is 1. The van der Waals surface area contributed by atoms with Gasteiger partial charge in [-0.15, -0.1) is 0 Å². The minimum Gasteiger partial charge on any atom is -0.338 e. The van der Waals surface area contributed by atoms with Gasteiger partial charge in [0.15, 0.2) is 0 Å². The highest BCUT2D eigenvalue weighted by molar-refractivity contribution is 5.99. The molecule has 1 N–H and O–H groups in total. The van der Waals surface area contributed by atoms with Gasteiger partial charge in [-0.25, -0.2) is 0 Å². The third kappa shape index (κ3) is 3.47. The first-order chi connectivity index (χ1) is 10.8. The molecule has 2 aliphatic rings. The Bertz CT molecular complexity index is 596. The predicted molar refractivity (Wildman–Crippen MR) is 86.2 cm³/mol. The van der Waals surface area contributed by atoms with Crippen molar-refractivity contribution in [2.45, 2.75) is 70.4 Å². The van der Waals surface area contributed by atoms with Crippen molar-refractivity contribution in [2.24, 2.45) is 0 Å². The van der Waals surface area contributed by atoms with E-state index < -0.39 is 0 Å². The maximum Gasteiger partial charge on any atom is 0.244 e. The predicted octanol–water partition coefficient (Wildman–Crippen LogP) is 2.50. The van der Waals surface area contributed by atoms with Crippen LogP contribution in [0.25, 0.3) is 0 Å². The molecule has 1 aliphatic carbocycles. The zero-order chi connectivity index (χ0) is 16.6. The summed E-state index contributed by atoms with van der Waals surface area (Å²) in [4.78, 5) is 26.5. The van der Waals surface area contributed by atoms with Crippen LogP contribution in [0.1, 0.15) is 58.6 Å². The number of carbonyl (C=O) groups is 2. The SMILES string of the molecule is CC(C)(C)c1cc(NC(=O)[C@@H]2CC(=O)CN2C2CCCC2)on1. The van der Waals surface area contributed by atoms with Crippen LogP contribution in [0.15, 0.2) is 10.6 Å². The van der Waals surface area contributed by atoms with E-state index in [1.807, 2.05) is 20.8 Å². The lowest BCUT2D eigenvalue weighted by Crippen LogP contribution is -2.44. The quantitative estimate of drug-likeness (QED) is 0.926. The number of aromatic nitrogens is 1. The molecule has 1 aromatic heterocycles. The second-order valence-electron chi connectivity index (χ2n) is 7.68. The van der Waals surface area contributed by atoms with Crippen molar-refractivity contribution in [1.82, 2.24) is 10.1 Å². The van der Waals surface area contributed by atoms with Gasteiger partial charge in [0.2, 0.25) is 11.8 Å². The van der Waals surface area contributed by atoms with E-state index in [1.54, 1.807) is 6.07 Å². The third-order valence-corrected chi connectivity index (χ3v) is 4.80. The van der Waals surface area contributed by atoms with Gasteiger partial charge < -0.3 is 4.52 Å². The van der Waals surface area contributed by atoms with Gasteiger partial charge in [-0.2, -0.15) is 0 Å². The van der Waals surface area contributed by atoms with E-state index in [2.05, 4.69) is 15.4 Å². The summed E-state index contributed by atoms with van der Waals surface area (Å²) in [6.07, 6.45) is 4.81. The van der Waals surface area contributed by atoms with E-state index in [0.29, 0.717) is 24.9 Å². The number of nitrogens with zero attached hydrogens (tertiary/aromatic N) is 2. The molecule has 1 atom stereocenters. The molecule has 1 aliphatic heterocycles. The Morgan fingerprint density at radius 3 is 2.65 bits per heavy atom. The molecule has 1 amide bonds. The summed E-state index contributed by atoms with van der Waals surface area (Å²) in [5.41, 5.74) is 0.661.